The molecule has 2 N–H and O–H groups in total. The summed E-state index contributed by atoms with van der Waals surface area (Å²) in [6.07, 6.45) is 3.90. The zero-order valence-corrected chi connectivity index (χ0v) is 15.5. The Kier molecular flexibility index (Phi) is 7.80. The molecule has 0 spiro atoms. The lowest BCUT2D eigenvalue weighted by atomic mass is 9.93. The number of methoxy groups -OCH3 is 1. The minimum Gasteiger partial charge on any atom is -0.495 e. The average Bonchev–Trinajstić information content (AvgIpc) is 2.65. The van der Waals surface area contributed by atoms with Crippen molar-refractivity contribution < 1.29 is 14.5 Å². The van der Waals surface area contributed by atoms with Gasteiger partial charge in [-0.05, 0) is 57.9 Å². The van der Waals surface area contributed by atoms with E-state index in [1.54, 1.807) is 0 Å². The lowest BCUT2D eigenvalue weighted by Crippen LogP contribution is -2.36. The highest BCUT2D eigenvalue weighted by Gasteiger charge is 2.20. The van der Waals surface area contributed by atoms with E-state index in [1.165, 1.54) is 44.6 Å². The van der Waals surface area contributed by atoms with Crippen molar-refractivity contribution in [3.05, 3.63) is 28.3 Å². The van der Waals surface area contributed by atoms with E-state index in [-0.39, 0.29) is 11.6 Å². The molecule has 0 atom stereocenters. The number of nitro groups is 1. The molecule has 2 rings (SSSR count). The molecule has 0 aliphatic carbocycles. The molecule has 144 valence electrons. The summed E-state index contributed by atoms with van der Waals surface area (Å²) in [5.74, 6) is 1.01. The number of likely N-dealkylation sites (tertiary alicyclic amines) is 1. The highest BCUT2D eigenvalue weighted by atomic mass is 16.6. The summed E-state index contributed by atoms with van der Waals surface area (Å²) in [6.45, 7) is 3.78. The number of benzene rings is 1. The Morgan fingerprint density at radius 3 is 2.73 bits per heavy atom. The van der Waals surface area contributed by atoms with Crippen LogP contribution in [0.3, 0.4) is 0 Å². The van der Waals surface area contributed by atoms with E-state index in [1.807, 2.05) is 7.05 Å². The van der Waals surface area contributed by atoms with Gasteiger partial charge in [0.25, 0.3) is 5.69 Å². The monoisotopic (exact) mass is 364 g/mol. The van der Waals surface area contributed by atoms with Crippen LogP contribution in [0.25, 0.3) is 0 Å². The molecule has 1 aromatic carbocycles. The van der Waals surface area contributed by atoms with E-state index in [9.17, 15) is 14.9 Å². The summed E-state index contributed by atoms with van der Waals surface area (Å²) in [6, 6.07) is 4.17. The van der Waals surface area contributed by atoms with Gasteiger partial charge in [-0.15, -0.1) is 0 Å². The van der Waals surface area contributed by atoms with Gasteiger partial charge in [-0.2, -0.15) is 0 Å². The number of anilines is 1. The molecular weight excluding hydrogens is 336 g/mol. The van der Waals surface area contributed by atoms with Crippen molar-refractivity contribution in [1.82, 2.24) is 10.2 Å². The summed E-state index contributed by atoms with van der Waals surface area (Å²) < 4.78 is 5.17. The topological polar surface area (TPSA) is 96.7 Å². The van der Waals surface area contributed by atoms with Gasteiger partial charge in [-0.3, -0.25) is 14.9 Å². The first-order chi connectivity index (χ1) is 12.5. The normalized spacial score (nSPS) is 15.6. The largest absolute Gasteiger partial charge is 0.495 e. The SMILES string of the molecule is CNCCC1CCN(CCC(=O)Nc2cc([N+](=O)[O-])ccc2OC)CC1. The van der Waals surface area contributed by atoms with Crippen LogP contribution in [0.5, 0.6) is 5.75 Å². The van der Waals surface area contributed by atoms with Gasteiger partial charge in [0.15, 0.2) is 0 Å². The third kappa shape index (κ3) is 5.96. The van der Waals surface area contributed by atoms with E-state index < -0.39 is 4.92 Å². The van der Waals surface area contributed by atoms with E-state index in [0.717, 1.165) is 25.6 Å². The molecule has 0 aromatic heterocycles. The van der Waals surface area contributed by atoms with Crippen LogP contribution < -0.4 is 15.4 Å². The van der Waals surface area contributed by atoms with Crippen molar-refractivity contribution in [1.29, 1.82) is 0 Å². The fourth-order valence-corrected chi connectivity index (χ4v) is 3.23. The van der Waals surface area contributed by atoms with Crippen LogP contribution in [-0.4, -0.2) is 56.1 Å². The first kappa shape index (κ1) is 20.1. The summed E-state index contributed by atoms with van der Waals surface area (Å²) in [4.78, 5) is 25.0. The highest BCUT2D eigenvalue weighted by molar-refractivity contribution is 5.92. The van der Waals surface area contributed by atoms with Crippen LogP contribution >= 0.6 is 0 Å². The molecule has 1 heterocycles. The minimum atomic E-state index is -0.493. The lowest BCUT2D eigenvalue weighted by molar-refractivity contribution is -0.384. The lowest BCUT2D eigenvalue weighted by Gasteiger charge is -2.31. The van der Waals surface area contributed by atoms with Crippen LogP contribution in [0.2, 0.25) is 0 Å². The number of non-ortho nitro benzene ring substituents is 1. The number of nitrogens with one attached hydrogen (secondary N) is 2. The maximum Gasteiger partial charge on any atom is 0.271 e. The first-order valence-corrected chi connectivity index (χ1v) is 9.02. The van der Waals surface area contributed by atoms with Gasteiger partial charge < -0.3 is 20.3 Å². The van der Waals surface area contributed by atoms with Gasteiger partial charge in [0.1, 0.15) is 5.75 Å². The number of amides is 1. The molecule has 1 aliphatic rings. The Bertz CT molecular complexity index is 615. The Morgan fingerprint density at radius 2 is 2.12 bits per heavy atom. The molecule has 1 saturated heterocycles. The van der Waals surface area contributed by atoms with Crippen molar-refractivity contribution in [3.8, 4) is 5.75 Å². The fraction of sp³-hybridized carbons (Fsp3) is 0.611. The second-order valence-corrected chi connectivity index (χ2v) is 6.62. The van der Waals surface area contributed by atoms with Gasteiger partial charge in [-0.25, -0.2) is 0 Å². The van der Waals surface area contributed by atoms with Crippen LogP contribution in [0.1, 0.15) is 25.7 Å². The molecule has 0 radical (unpaired) electrons. The Balaban J connectivity index is 1.81. The van der Waals surface area contributed by atoms with Crippen LogP contribution in [0, 0.1) is 16.0 Å². The van der Waals surface area contributed by atoms with Gasteiger partial charge in [0.2, 0.25) is 5.91 Å². The second kappa shape index (κ2) is 10.1. The average molecular weight is 364 g/mol. The van der Waals surface area contributed by atoms with Gasteiger partial charge in [-0.1, -0.05) is 0 Å². The number of nitrogens with zero attached hydrogens (tertiary/aromatic N) is 2. The summed E-state index contributed by atoms with van der Waals surface area (Å²) in [5, 5.41) is 16.8. The maximum atomic E-state index is 12.2. The van der Waals surface area contributed by atoms with Gasteiger partial charge in [0.05, 0.1) is 17.7 Å². The molecule has 8 heteroatoms. The number of piperidine rings is 1. The van der Waals surface area contributed by atoms with Crippen LogP contribution in [0.15, 0.2) is 18.2 Å². The van der Waals surface area contributed by atoms with E-state index in [0.29, 0.717) is 24.4 Å². The van der Waals surface area contributed by atoms with E-state index >= 15 is 0 Å². The molecule has 0 saturated carbocycles. The number of hydrogen-bond donors (Lipinski definition) is 2. The standard InChI is InChI=1S/C18H28N4O4/c1-19-9-5-14-6-10-21(11-7-14)12-8-18(23)20-16-13-15(22(24)25)3-4-17(16)26-2/h3-4,13-14,19H,5-12H2,1-2H3,(H,20,23). The predicted molar refractivity (Wildman–Crippen MR) is 101 cm³/mol. The molecule has 8 nitrogen and oxygen atoms in total. The quantitative estimate of drug-likeness (QED) is 0.515. The number of ether oxygens (including phenoxy) is 1. The Labute approximate surface area is 154 Å². The molecule has 0 unspecified atom stereocenters. The summed E-state index contributed by atoms with van der Waals surface area (Å²) in [7, 11) is 3.44. The number of hydrogen-bond acceptors (Lipinski definition) is 6. The zero-order valence-electron chi connectivity index (χ0n) is 15.5. The van der Waals surface area contributed by atoms with E-state index in [2.05, 4.69) is 15.5 Å². The number of nitro benzene ring substituents is 1. The molecule has 0 bridgehead atoms. The molecule has 26 heavy (non-hydrogen) atoms. The fourth-order valence-electron chi connectivity index (χ4n) is 3.23. The van der Waals surface area contributed by atoms with Crippen molar-refractivity contribution in [2.75, 3.05) is 45.7 Å². The zero-order chi connectivity index (χ0) is 18.9. The number of carbonyl (C=O) groups excluding carboxylic acids is 1. The third-order valence-corrected chi connectivity index (χ3v) is 4.83. The second-order valence-electron chi connectivity index (χ2n) is 6.62. The maximum absolute atomic E-state index is 12.2. The molecule has 1 fully saturated rings. The number of rotatable bonds is 9. The number of carbonyl (C=O) groups is 1. The molecule has 1 amide bonds. The van der Waals surface area contributed by atoms with E-state index in [4.69, 9.17) is 4.74 Å². The first-order valence-electron chi connectivity index (χ1n) is 9.02. The Morgan fingerprint density at radius 1 is 1.38 bits per heavy atom. The summed E-state index contributed by atoms with van der Waals surface area (Å²) in [5.41, 5.74) is 0.252. The molecule has 1 aliphatic heterocycles. The van der Waals surface area contributed by atoms with Gasteiger partial charge in [0, 0.05) is 25.1 Å². The Hall–Kier alpha value is -2.19. The van der Waals surface area contributed by atoms with Gasteiger partial charge >= 0.3 is 0 Å². The molecule has 1 aromatic rings. The highest BCUT2D eigenvalue weighted by Crippen LogP contribution is 2.29. The minimum absolute atomic E-state index is 0.0789. The van der Waals surface area contributed by atoms with Crippen molar-refractivity contribution in [2.45, 2.75) is 25.7 Å². The predicted octanol–water partition coefficient (Wildman–Crippen LogP) is 2.25. The summed E-state index contributed by atoms with van der Waals surface area (Å²) >= 11 is 0. The van der Waals surface area contributed by atoms with Crippen molar-refractivity contribution >= 4 is 17.3 Å². The molecular formula is C18H28N4O4. The van der Waals surface area contributed by atoms with Crippen LogP contribution in [-0.2, 0) is 4.79 Å². The third-order valence-electron chi connectivity index (χ3n) is 4.83. The van der Waals surface area contributed by atoms with Crippen LogP contribution in [0.4, 0.5) is 11.4 Å². The van der Waals surface area contributed by atoms with Crippen molar-refractivity contribution in [3.63, 3.8) is 0 Å². The van der Waals surface area contributed by atoms with Crippen molar-refractivity contribution in [2.24, 2.45) is 5.92 Å². The smallest absolute Gasteiger partial charge is 0.271 e.